The molecule has 0 saturated carbocycles. The van der Waals surface area contributed by atoms with E-state index in [2.05, 4.69) is 5.32 Å². The van der Waals surface area contributed by atoms with Crippen LogP contribution in [0.1, 0.15) is 12.0 Å². The van der Waals surface area contributed by atoms with Crippen molar-refractivity contribution in [1.29, 1.82) is 0 Å². The molecule has 2 aliphatic heterocycles. The molecule has 25 heavy (non-hydrogen) atoms. The number of nitrogens with zero attached hydrogens (tertiary/aromatic N) is 1. The summed E-state index contributed by atoms with van der Waals surface area (Å²) in [6.45, 7) is 0.208. The lowest BCUT2D eigenvalue weighted by molar-refractivity contribution is -0.130. The quantitative estimate of drug-likeness (QED) is 0.855. The van der Waals surface area contributed by atoms with Crippen molar-refractivity contribution in [1.82, 2.24) is 10.2 Å². The van der Waals surface area contributed by atoms with E-state index < -0.39 is 5.54 Å². The second kappa shape index (κ2) is 6.44. The van der Waals surface area contributed by atoms with Crippen LogP contribution in [0, 0.1) is 0 Å². The van der Waals surface area contributed by atoms with Gasteiger partial charge in [0.25, 0.3) is 5.91 Å². The highest BCUT2D eigenvalue weighted by molar-refractivity contribution is 7.99. The van der Waals surface area contributed by atoms with Crippen molar-refractivity contribution in [3.63, 3.8) is 0 Å². The van der Waals surface area contributed by atoms with E-state index in [1.165, 1.54) is 4.90 Å². The third-order valence-electron chi connectivity index (χ3n) is 4.54. The van der Waals surface area contributed by atoms with Crippen molar-refractivity contribution >= 4 is 23.7 Å². The van der Waals surface area contributed by atoms with Crippen LogP contribution in [-0.4, -0.2) is 33.9 Å². The molecule has 0 bridgehead atoms. The molecule has 1 unspecified atom stereocenters. The fraction of sp³-hybridized carbons (Fsp3) is 0.263. The van der Waals surface area contributed by atoms with Crippen LogP contribution in [0.25, 0.3) is 0 Å². The summed E-state index contributed by atoms with van der Waals surface area (Å²) in [6.07, 6.45) is 0.695. The Kier molecular flexibility index (Phi) is 4.13. The molecule has 2 heterocycles. The number of amides is 3. The molecule has 2 aromatic rings. The first-order valence-corrected chi connectivity index (χ1v) is 9.36. The molecular formula is C19H18N2O3S. The second-order valence-corrected chi connectivity index (χ2v) is 7.33. The predicted molar refractivity (Wildman–Crippen MR) is 96.7 cm³/mol. The predicted octanol–water partition coefficient (Wildman–Crippen LogP) is 3.41. The van der Waals surface area contributed by atoms with Gasteiger partial charge in [-0.05, 0) is 30.4 Å². The maximum atomic E-state index is 12.8. The lowest BCUT2D eigenvalue weighted by atomic mass is 9.99. The van der Waals surface area contributed by atoms with Crippen LogP contribution in [0.3, 0.4) is 0 Å². The summed E-state index contributed by atoms with van der Waals surface area (Å²) in [5.74, 6) is 2.79. The van der Waals surface area contributed by atoms with Gasteiger partial charge in [-0.25, -0.2) is 4.79 Å². The van der Waals surface area contributed by atoms with E-state index in [9.17, 15) is 9.59 Å². The van der Waals surface area contributed by atoms with Gasteiger partial charge in [-0.1, -0.05) is 36.4 Å². The van der Waals surface area contributed by atoms with E-state index in [-0.39, 0.29) is 18.5 Å². The van der Waals surface area contributed by atoms with E-state index in [4.69, 9.17) is 4.74 Å². The Morgan fingerprint density at radius 3 is 2.60 bits per heavy atom. The topological polar surface area (TPSA) is 58.6 Å². The minimum absolute atomic E-state index is 0.128. The van der Waals surface area contributed by atoms with Crippen molar-refractivity contribution in [3.8, 4) is 11.5 Å². The first-order valence-electron chi connectivity index (χ1n) is 8.21. The average molecular weight is 354 g/mol. The lowest BCUT2D eigenvalue weighted by Gasteiger charge is -2.20. The van der Waals surface area contributed by atoms with Gasteiger partial charge in [-0.3, -0.25) is 9.69 Å². The molecule has 2 fully saturated rings. The van der Waals surface area contributed by atoms with Crippen molar-refractivity contribution in [2.24, 2.45) is 0 Å². The minimum atomic E-state index is -0.711. The molecule has 3 amide bonds. The Morgan fingerprint density at radius 2 is 1.84 bits per heavy atom. The molecule has 6 heteroatoms. The number of rotatable bonds is 4. The highest BCUT2D eigenvalue weighted by atomic mass is 32.2. The molecule has 0 aromatic heterocycles. The molecule has 4 rings (SSSR count). The van der Waals surface area contributed by atoms with E-state index in [0.717, 1.165) is 17.1 Å². The summed E-state index contributed by atoms with van der Waals surface area (Å²) in [6, 6.07) is 16.6. The fourth-order valence-corrected chi connectivity index (χ4v) is 4.50. The monoisotopic (exact) mass is 354 g/mol. The highest BCUT2D eigenvalue weighted by Gasteiger charge is 2.52. The second-order valence-electron chi connectivity index (χ2n) is 6.23. The Bertz CT molecular complexity index is 803. The van der Waals surface area contributed by atoms with Crippen LogP contribution in [0.4, 0.5) is 4.79 Å². The molecule has 5 nitrogen and oxygen atoms in total. The fourth-order valence-electron chi connectivity index (χ4n) is 3.17. The van der Waals surface area contributed by atoms with Gasteiger partial charge in [0.2, 0.25) is 0 Å². The standard InChI is InChI=1S/C19H18N2O3S/c22-17-19(10-11-25-13-19)20-18(23)21(17)12-14-6-4-5-9-16(14)24-15-7-2-1-3-8-15/h1-9H,10-13H2,(H,20,23). The Morgan fingerprint density at radius 1 is 1.08 bits per heavy atom. The normalized spacial score (nSPS) is 22.5. The zero-order valence-corrected chi connectivity index (χ0v) is 14.4. The smallest absolute Gasteiger partial charge is 0.325 e. The number of carbonyl (C=O) groups is 2. The molecule has 2 aromatic carbocycles. The molecule has 2 aliphatic rings. The van der Waals surface area contributed by atoms with Gasteiger partial charge in [-0.2, -0.15) is 11.8 Å². The third-order valence-corrected chi connectivity index (χ3v) is 5.73. The van der Waals surface area contributed by atoms with Gasteiger partial charge in [-0.15, -0.1) is 0 Å². The van der Waals surface area contributed by atoms with Crippen LogP contribution in [0.15, 0.2) is 54.6 Å². The number of hydrogen-bond donors (Lipinski definition) is 1. The van der Waals surface area contributed by atoms with Crippen molar-refractivity contribution in [2.45, 2.75) is 18.5 Å². The molecule has 1 spiro atoms. The van der Waals surface area contributed by atoms with Crippen LogP contribution >= 0.6 is 11.8 Å². The van der Waals surface area contributed by atoms with E-state index in [0.29, 0.717) is 17.9 Å². The summed E-state index contributed by atoms with van der Waals surface area (Å²) in [7, 11) is 0. The number of ether oxygens (including phenoxy) is 1. The SMILES string of the molecule is O=C1NC2(CCSC2)C(=O)N1Cc1ccccc1Oc1ccccc1. The largest absolute Gasteiger partial charge is 0.457 e. The number of imide groups is 1. The number of urea groups is 1. The number of hydrogen-bond acceptors (Lipinski definition) is 4. The van der Waals surface area contributed by atoms with Gasteiger partial charge >= 0.3 is 6.03 Å². The molecule has 0 radical (unpaired) electrons. The van der Waals surface area contributed by atoms with Crippen molar-refractivity contribution in [3.05, 3.63) is 60.2 Å². The van der Waals surface area contributed by atoms with Crippen LogP contribution in [-0.2, 0) is 11.3 Å². The highest BCUT2D eigenvalue weighted by Crippen LogP contribution is 2.35. The summed E-state index contributed by atoms with van der Waals surface area (Å²) >= 11 is 1.70. The number of nitrogens with one attached hydrogen (secondary N) is 1. The third kappa shape index (κ3) is 2.98. The van der Waals surface area contributed by atoms with Crippen LogP contribution in [0.5, 0.6) is 11.5 Å². The molecular weight excluding hydrogens is 336 g/mol. The van der Waals surface area contributed by atoms with E-state index in [1.54, 1.807) is 11.8 Å². The molecule has 128 valence electrons. The zero-order valence-electron chi connectivity index (χ0n) is 13.6. The lowest BCUT2D eigenvalue weighted by Crippen LogP contribution is -2.46. The Balaban J connectivity index is 1.57. The number of para-hydroxylation sites is 2. The maximum absolute atomic E-state index is 12.8. The Labute approximate surface area is 150 Å². The van der Waals surface area contributed by atoms with E-state index >= 15 is 0 Å². The van der Waals surface area contributed by atoms with Crippen molar-refractivity contribution < 1.29 is 14.3 Å². The molecule has 1 atom stereocenters. The maximum Gasteiger partial charge on any atom is 0.325 e. The number of carbonyl (C=O) groups excluding carboxylic acids is 2. The number of benzene rings is 2. The van der Waals surface area contributed by atoms with Gasteiger partial charge < -0.3 is 10.1 Å². The minimum Gasteiger partial charge on any atom is -0.457 e. The van der Waals surface area contributed by atoms with Gasteiger partial charge in [0.1, 0.15) is 17.0 Å². The van der Waals surface area contributed by atoms with E-state index in [1.807, 2.05) is 54.6 Å². The van der Waals surface area contributed by atoms with Crippen molar-refractivity contribution in [2.75, 3.05) is 11.5 Å². The first kappa shape index (κ1) is 16.0. The molecule has 0 aliphatic carbocycles. The van der Waals surface area contributed by atoms with Gasteiger partial charge in [0, 0.05) is 11.3 Å². The Hall–Kier alpha value is -2.47. The summed E-state index contributed by atoms with van der Waals surface area (Å²) in [5.41, 5.74) is 0.0920. The van der Waals surface area contributed by atoms with Gasteiger partial charge in [0.15, 0.2) is 0 Å². The number of thioether (sulfide) groups is 1. The van der Waals surface area contributed by atoms with Crippen LogP contribution < -0.4 is 10.1 Å². The summed E-state index contributed by atoms with van der Waals surface area (Å²) in [5, 5.41) is 2.89. The van der Waals surface area contributed by atoms with Gasteiger partial charge in [0.05, 0.1) is 6.54 Å². The first-order chi connectivity index (χ1) is 12.2. The molecule has 1 N–H and O–H groups in total. The average Bonchev–Trinajstić information content (AvgIpc) is 3.18. The summed E-state index contributed by atoms with van der Waals surface area (Å²) in [4.78, 5) is 26.5. The zero-order chi connectivity index (χ0) is 17.3. The molecule has 2 saturated heterocycles. The summed E-state index contributed by atoms with van der Waals surface area (Å²) < 4.78 is 5.93. The van der Waals surface area contributed by atoms with Crippen LogP contribution in [0.2, 0.25) is 0 Å².